The molecule has 0 amide bonds. The molecule has 2 N–H and O–H groups in total. The van der Waals surface area contributed by atoms with E-state index in [1.807, 2.05) is 6.92 Å². The van der Waals surface area contributed by atoms with Gasteiger partial charge in [0, 0.05) is 6.04 Å². The molecule has 0 spiro atoms. The van der Waals surface area contributed by atoms with E-state index in [1.165, 1.54) is 0 Å². The lowest BCUT2D eigenvalue weighted by Gasteiger charge is -2.11. The van der Waals surface area contributed by atoms with Crippen LogP contribution in [0.25, 0.3) is 0 Å². The molecule has 5 heteroatoms. The Balaban J connectivity index is 2.59. The lowest BCUT2D eigenvalue weighted by molar-refractivity contribution is 0.167. The molecule has 1 aliphatic heterocycles. The molecule has 1 fully saturated rings. The van der Waals surface area contributed by atoms with Crippen molar-refractivity contribution < 1.29 is 13.5 Å². The Labute approximate surface area is 66.5 Å². The van der Waals surface area contributed by atoms with E-state index in [0.717, 1.165) is 0 Å². The first kappa shape index (κ1) is 8.96. The molecule has 66 valence electrons. The second-order valence-electron chi connectivity index (χ2n) is 2.81. The van der Waals surface area contributed by atoms with Gasteiger partial charge in [0.15, 0.2) is 9.84 Å². The second kappa shape index (κ2) is 3.08. The zero-order chi connectivity index (χ0) is 8.48. The van der Waals surface area contributed by atoms with Crippen LogP contribution in [0.1, 0.15) is 6.92 Å². The van der Waals surface area contributed by atoms with Crippen LogP contribution in [0.3, 0.4) is 0 Å². The molecule has 2 unspecified atom stereocenters. The van der Waals surface area contributed by atoms with E-state index >= 15 is 0 Å². The zero-order valence-corrected chi connectivity index (χ0v) is 7.26. The van der Waals surface area contributed by atoms with E-state index in [4.69, 9.17) is 0 Å². The van der Waals surface area contributed by atoms with Gasteiger partial charge in [-0.15, -0.1) is 0 Å². The molecule has 1 heterocycles. The highest BCUT2D eigenvalue weighted by atomic mass is 32.2. The molecule has 2 atom stereocenters. The maximum Gasteiger partial charge on any atom is 0.154 e. The van der Waals surface area contributed by atoms with Gasteiger partial charge in [-0.05, 0) is 6.54 Å². The maximum atomic E-state index is 10.9. The molecule has 0 saturated carbocycles. The second-order valence-corrected chi connectivity index (χ2v) is 4.96. The van der Waals surface area contributed by atoms with Gasteiger partial charge in [-0.1, -0.05) is 6.92 Å². The van der Waals surface area contributed by atoms with E-state index in [1.54, 1.807) is 0 Å². The van der Waals surface area contributed by atoms with Gasteiger partial charge in [0.2, 0.25) is 0 Å². The smallest absolute Gasteiger partial charge is 0.154 e. The van der Waals surface area contributed by atoms with Crippen molar-refractivity contribution in [2.24, 2.45) is 0 Å². The number of sulfone groups is 1. The van der Waals surface area contributed by atoms with Gasteiger partial charge < -0.3 is 10.4 Å². The van der Waals surface area contributed by atoms with Crippen molar-refractivity contribution in [2.45, 2.75) is 19.1 Å². The standard InChI is InChI=1S/C6H13NO3S/c1-2-7-5-3-11(9,10)4-6(5)8/h5-8H,2-4H2,1H3. The molecule has 1 rings (SSSR count). The van der Waals surface area contributed by atoms with Gasteiger partial charge in [0.1, 0.15) is 0 Å². The van der Waals surface area contributed by atoms with E-state index in [2.05, 4.69) is 5.32 Å². The lowest BCUT2D eigenvalue weighted by Crippen LogP contribution is -2.38. The number of likely N-dealkylation sites (N-methyl/N-ethyl adjacent to an activating group) is 1. The van der Waals surface area contributed by atoms with Crippen molar-refractivity contribution in [3.05, 3.63) is 0 Å². The molecule has 0 aromatic rings. The number of aliphatic hydroxyl groups excluding tert-OH is 1. The minimum atomic E-state index is -2.98. The van der Waals surface area contributed by atoms with Gasteiger partial charge in [-0.25, -0.2) is 8.42 Å². The molecule has 0 aliphatic carbocycles. The molecule has 0 aromatic heterocycles. The quantitative estimate of drug-likeness (QED) is 0.556. The summed E-state index contributed by atoms with van der Waals surface area (Å²) in [6, 6.07) is -0.259. The van der Waals surface area contributed by atoms with Gasteiger partial charge in [0.05, 0.1) is 17.6 Å². The van der Waals surface area contributed by atoms with Gasteiger partial charge in [-0.2, -0.15) is 0 Å². The van der Waals surface area contributed by atoms with Crippen LogP contribution in [-0.2, 0) is 9.84 Å². The summed E-state index contributed by atoms with van der Waals surface area (Å²) in [4.78, 5) is 0. The first-order valence-electron chi connectivity index (χ1n) is 3.67. The first-order valence-corrected chi connectivity index (χ1v) is 5.49. The van der Waals surface area contributed by atoms with Crippen molar-refractivity contribution >= 4 is 9.84 Å². The predicted octanol–water partition coefficient (Wildman–Crippen LogP) is -1.25. The summed E-state index contributed by atoms with van der Waals surface area (Å²) in [5, 5.41) is 12.1. The molecule has 0 radical (unpaired) electrons. The summed E-state index contributed by atoms with van der Waals surface area (Å²) in [5.41, 5.74) is 0. The zero-order valence-electron chi connectivity index (χ0n) is 6.45. The molecule has 1 aliphatic rings. The topological polar surface area (TPSA) is 66.4 Å². The maximum absolute atomic E-state index is 10.9. The molecule has 11 heavy (non-hydrogen) atoms. The number of aliphatic hydroxyl groups is 1. The lowest BCUT2D eigenvalue weighted by atomic mass is 10.2. The van der Waals surface area contributed by atoms with Crippen LogP contribution in [0, 0.1) is 0 Å². The number of hydrogen-bond donors (Lipinski definition) is 2. The van der Waals surface area contributed by atoms with Crippen LogP contribution in [0.15, 0.2) is 0 Å². The Bertz CT molecular complexity index is 224. The van der Waals surface area contributed by atoms with E-state index in [9.17, 15) is 13.5 Å². The van der Waals surface area contributed by atoms with E-state index < -0.39 is 15.9 Å². The van der Waals surface area contributed by atoms with Crippen LogP contribution in [0.4, 0.5) is 0 Å². The van der Waals surface area contributed by atoms with Crippen molar-refractivity contribution in [1.82, 2.24) is 5.32 Å². The third kappa shape index (κ3) is 2.15. The minimum Gasteiger partial charge on any atom is -0.390 e. The highest BCUT2D eigenvalue weighted by molar-refractivity contribution is 7.91. The van der Waals surface area contributed by atoms with E-state index in [-0.39, 0.29) is 17.5 Å². The Morgan fingerprint density at radius 3 is 2.55 bits per heavy atom. The highest BCUT2D eigenvalue weighted by Gasteiger charge is 2.35. The van der Waals surface area contributed by atoms with Crippen LogP contribution in [0.2, 0.25) is 0 Å². The Hall–Kier alpha value is -0.130. The minimum absolute atomic E-state index is 0.0714. The highest BCUT2D eigenvalue weighted by Crippen LogP contribution is 2.11. The number of rotatable bonds is 2. The molecule has 4 nitrogen and oxygen atoms in total. The summed E-state index contributed by atoms with van der Waals surface area (Å²) >= 11 is 0. The third-order valence-corrected chi connectivity index (χ3v) is 3.51. The van der Waals surface area contributed by atoms with Gasteiger partial charge in [0.25, 0.3) is 0 Å². The Morgan fingerprint density at radius 1 is 1.55 bits per heavy atom. The fourth-order valence-electron chi connectivity index (χ4n) is 1.29. The summed E-state index contributed by atoms with van der Waals surface area (Å²) in [5.74, 6) is -0.0212. The van der Waals surface area contributed by atoms with Crippen molar-refractivity contribution in [2.75, 3.05) is 18.1 Å². The van der Waals surface area contributed by atoms with Gasteiger partial charge in [-0.3, -0.25) is 0 Å². The fourth-order valence-corrected chi connectivity index (χ4v) is 3.06. The van der Waals surface area contributed by atoms with Crippen LogP contribution >= 0.6 is 0 Å². The van der Waals surface area contributed by atoms with Crippen molar-refractivity contribution in [3.8, 4) is 0 Å². The normalized spacial score (nSPS) is 35.8. The summed E-state index contributed by atoms with van der Waals surface area (Å²) in [7, 11) is -2.98. The largest absolute Gasteiger partial charge is 0.390 e. The van der Waals surface area contributed by atoms with Crippen molar-refractivity contribution in [1.29, 1.82) is 0 Å². The fraction of sp³-hybridized carbons (Fsp3) is 1.00. The van der Waals surface area contributed by atoms with Crippen LogP contribution in [0.5, 0.6) is 0 Å². The van der Waals surface area contributed by atoms with Crippen molar-refractivity contribution in [3.63, 3.8) is 0 Å². The average molecular weight is 179 g/mol. The SMILES string of the molecule is CCNC1CS(=O)(=O)CC1O. The number of nitrogens with one attached hydrogen (secondary N) is 1. The monoisotopic (exact) mass is 179 g/mol. The molecule has 0 bridgehead atoms. The third-order valence-electron chi connectivity index (χ3n) is 1.79. The average Bonchev–Trinajstić information content (AvgIpc) is 2.07. The Kier molecular flexibility index (Phi) is 2.51. The molecular formula is C6H13NO3S. The summed E-state index contributed by atoms with van der Waals surface area (Å²) < 4.78 is 21.9. The predicted molar refractivity (Wildman–Crippen MR) is 42.1 cm³/mol. The number of hydrogen-bond acceptors (Lipinski definition) is 4. The summed E-state index contributed by atoms with van der Waals surface area (Å²) in [6.45, 7) is 2.58. The van der Waals surface area contributed by atoms with Crippen LogP contribution in [-0.4, -0.2) is 43.7 Å². The van der Waals surface area contributed by atoms with Gasteiger partial charge >= 0.3 is 0 Å². The molecule has 1 saturated heterocycles. The molecular weight excluding hydrogens is 166 g/mol. The molecule has 0 aromatic carbocycles. The van der Waals surface area contributed by atoms with E-state index in [0.29, 0.717) is 6.54 Å². The summed E-state index contributed by atoms with van der Waals surface area (Å²) in [6.07, 6.45) is -0.722. The first-order chi connectivity index (χ1) is 5.05. The Morgan fingerprint density at radius 2 is 2.18 bits per heavy atom. The van der Waals surface area contributed by atoms with Crippen LogP contribution < -0.4 is 5.32 Å².